The summed E-state index contributed by atoms with van der Waals surface area (Å²) in [4.78, 5) is 19.1. The van der Waals surface area contributed by atoms with E-state index in [9.17, 15) is 4.79 Å². The Morgan fingerprint density at radius 3 is 2.68 bits per heavy atom. The standard InChI is InChI=1S/C19H24N2O4/c1-13-16(11-17(22)21-9-10-24-12-19(21,2)3)20-18(25-13)14-5-7-15(23-4)8-6-14/h5-8H,9-12H2,1-4H3. The number of carbonyl (C=O) groups is 1. The number of nitrogens with zero attached hydrogens (tertiary/aromatic N) is 2. The Hall–Kier alpha value is -2.34. The molecule has 0 bridgehead atoms. The van der Waals surface area contributed by atoms with Crippen molar-refractivity contribution in [2.24, 2.45) is 0 Å². The lowest BCUT2D eigenvalue weighted by Crippen LogP contribution is -2.56. The van der Waals surface area contributed by atoms with Gasteiger partial charge >= 0.3 is 0 Å². The number of carbonyl (C=O) groups excluding carboxylic acids is 1. The highest BCUT2D eigenvalue weighted by Crippen LogP contribution is 2.25. The van der Waals surface area contributed by atoms with E-state index in [0.29, 0.717) is 37.1 Å². The lowest BCUT2D eigenvalue weighted by atomic mass is 10.0. The Kier molecular flexibility index (Phi) is 4.81. The van der Waals surface area contributed by atoms with E-state index in [1.165, 1.54) is 0 Å². The van der Waals surface area contributed by atoms with Gasteiger partial charge in [-0.15, -0.1) is 0 Å². The van der Waals surface area contributed by atoms with E-state index >= 15 is 0 Å². The molecule has 1 amide bonds. The van der Waals surface area contributed by atoms with Crippen LogP contribution in [0.1, 0.15) is 25.3 Å². The van der Waals surface area contributed by atoms with Crippen molar-refractivity contribution in [1.82, 2.24) is 9.88 Å². The first-order valence-corrected chi connectivity index (χ1v) is 8.39. The highest BCUT2D eigenvalue weighted by atomic mass is 16.5. The minimum Gasteiger partial charge on any atom is -0.497 e. The van der Waals surface area contributed by atoms with Crippen LogP contribution in [0.2, 0.25) is 0 Å². The topological polar surface area (TPSA) is 64.8 Å². The van der Waals surface area contributed by atoms with Gasteiger partial charge in [0.05, 0.1) is 38.0 Å². The molecule has 134 valence electrons. The van der Waals surface area contributed by atoms with Gasteiger partial charge in [0.1, 0.15) is 11.5 Å². The van der Waals surface area contributed by atoms with E-state index in [4.69, 9.17) is 13.9 Å². The van der Waals surface area contributed by atoms with E-state index < -0.39 is 0 Å². The van der Waals surface area contributed by atoms with Gasteiger partial charge in [-0.2, -0.15) is 0 Å². The molecule has 0 saturated carbocycles. The van der Waals surface area contributed by atoms with Crippen LogP contribution in [0, 0.1) is 6.92 Å². The number of oxazole rings is 1. The van der Waals surface area contributed by atoms with Crippen molar-refractivity contribution in [3.8, 4) is 17.2 Å². The van der Waals surface area contributed by atoms with Crippen molar-refractivity contribution in [3.05, 3.63) is 35.7 Å². The zero-order valence-corrected chi connectivity index (χ0v) is 15.2. The molecule has 0 unspecified atom stereocenters. The summed E-state index contributed by atoms with van der Waals surface area (Å²) in [6.45, 7) is 7.60. The maximum absolute atomic E-state index is 12.7. The molecule has 0 spiro atoms. The van der Waals surface area contributed by atoms with Gasteiger partial charge in [-0.05, 0) is 45.0 Å². The van der Waals surface area contributed by atoms with Crippen LogP contribution in [0.3, 0.4) is 0 Å². The van der Waals surface area contributed by atoms with Gasteiger partial charge in [-0.1, -0.05) is 0 Å². The molecule has 3 rings (SSSR count). The van der Waals surface area contributed by atoms with Gasteiger partial charge in [-0.3, -0.25) is 4.79 Å². The van der Waals surface area contributed by atoms with Crippen molar-refractivity contribution < 1.29 is 18.7 Å². The van der Waals surface area contributed by atoms with Gasteiger partial charge in [0.2, 0.25) is 11.8 Å². The highest BCUT2D eigenvalue weighted by molar-refractivity contribution is 5.79. The maximum atomic E-state index is 12.7. The zero-order valence-electron chi connectivity index (χ0n) is 15.2. The van der Waals surface area contributed by atoms with Crippen LogP contribution in [-0.2, 0) is 16.0 Å². The smallest absolute Gasteiger partial charge is 0.229 e. The molecule has 1 aliphatic rings. The van der Waals surface area contributed by atoms with Crippen molar-refractivity contribution in [3.63, 3.8) is 0 Å². The van der Waals surface area contributed by atoms with E-state index in [1.807, 2.05) is 49.9 Å². The fourth-order valence-electron chi connectivity index (χ4n) is 3.01. The number of aromatic nitrogens is 1. The van der Waals surface area contributed by atoms with E-state index in [0.717, 1.165) is 11.3 Å². The lowest BCUT2D eigenvalue weighted by Gasteiger charge is -2.42. The summed E-state index contributed by atoms with van der Waals surface area (Å²) in [5.74, 6) is 2.01. The Balaban J connectivity index is 1.77. The molecule has 2 aromatic rings. The summed E-state index contributed by atoms with van der Waals surface area (Å²) in [7, 11) is 1.63. The third kappa shape index (κ3) is 3.69. The number of morpholine rings is 1. The Morgan fingerprint density at radius 2 is 2.04 bits per heavy atom. The zero-order chi connectivity index (χ0) is 18.0. The number of rotatable bonds is 4. The number of methoxy groups -OCH3 is 1. The summed E-state index contributed by atoms with van der Waals surface area (Å²) in [5, 5.41) is 0. The number of ether oxygens (including phenoxy) is 2. The minimum absolute atomic E-state index is 0.0472. The van der Waals surface area contributed by atoms with Crippen molar-refractivity contribution >= 4 is 5.91 Å². The van der Waals surface area contributed by atoms with Gasteiger partial charge in [0, 0.05) is 12.1 Å². The maximum Gasteiger partial charge on any atom is 0.229 e. The molecule has 0 N–H and O–H groups in total. The summed E-state index contributed by atoms with van der Waals surface area (Å²) in [5.41, 5.74) is 1.23. The molecule has 0 aliphatic carbocycles. The minimum atomic E-state index is -0.300. The normalized spacial score (nSPS) is 16.7. The number of aryl methyl sites for hydroxylation is 1. The molecule has 2 heterocycles. The molecule has 6 heteroatoms. The molecular formula is C19H24N2O4. The average Bonchev–Trinajstić information content (AvgIpc) is 2.95. The van der Waals surface area contributed by atoms with Gasteiger partial charge in [0.15, 0.2) is 0 Å². The van der Waals surface area contributed by atoms with Crippen LogP contribution in [-0.4, -0.2) is 48.2 Å². The molecule has 0 radical (unpaired) electrons. The summed E-state index contributed by atoms with van der Waals surface area (Å²) >= 11 is 0. The molecule has 25 heavy (non-hydrogen) atoms. The molecule has 0 atom stereocenters. The molecule has 1 aromatic heterocycles. The predicted molar refractivity (Wildman–Crippen MR) is 93.5 cm³/mol. The molecule has 1 saturated heterocycles. The van der Waals surface area contributed by atoms with Crippen molar-refractivity contribution in [2.45, 2.75) is 32.7 Å². The lowest BCUT2D eigenvalue weighted by molar-refractivity contribution is -0.145. The fraction of sp³-hybridized carbons (Fsp3) is 0.474. The number of amides is 1. The van der Waals surface area contributed by atoms with Crippen molar-refractivity contribution in [1.29, 1.82) is 0 Å². The molecule has 1 aliphatic heterocycles. The van der Waals surface area contributed by atoms with Crippen molar-refractivity contribution in [2.75, 3.05) is 26.9 Å². The molecule has 6 nitrogen and oxygen atoms in total. The van der Waals surface area contributed by atoms with Crippen LogP contribution in [0.4, 0.5) is 0 Å². The van der Waals surface area contributed by atoms with E-state index in [-0.39, 0.29) is 17.9 Å². The predicted octanol–water partition coefficient (Wildman–Crippen LogP) is 2.84. The first kappa shape index (κ1) is 17.5. The highest BCUT2D eigenvalue weighted by Gasteiger charge is 2.34. The fourth-order valence-corrected chi connectivity index (χ4v) is 3.01. The largest absolute Gasteiger partial charge is 0.497 e. The van der Waals surface area contributed by atoms with Crippen LogP contribution in [0.15, 0.2) is 28.7 Å². The van der Waals surface area contributed by atoms with Crippen LogP contribution >= 0.6 is 0 Å². The summed E-state index contributed by atoms with van der Waals surface area (Å²) in [6, 6.07) is 7.49. The molecular weight excluding hydrogens is 320 g/mol. The Labute approximate surface area is 147 Å². The van der Waals surface area contributed by atoms with Crippen LogP contribution in [0.25, 0.3) is 11.5 Å². The number of hydrogen-bond acceptors (Lipinski definition) is 5. The Bertz CT molecular complexity index is 749. The second kappa shape index (κ2) is 6.88. The van der Waals surface area contributed by atoms with Gasteiger partial charge < -0.3 is 18.8 Å². The molecule has 1 aromatic carbocycles. The second-order valence-corrected chi connectivity index (χ2v) is 6.84. The summed E-state index contributed by atoms with van der Waals surface area (Å²) in [6.07, 6.45) is 0.231. The quantitative estimate of drug-likeness (QED) is 0.853. The van der Waals surface area contributed by atoms with E-state index in [1.54, 1.807) is 7.11 Å². The summed E-state index contributed by atoms with van der Waals surface area (Å²) < 4.78 is 16.4. The molecule has 1 fully saturated rings. The monoisotopic (exact) mass is 344 g/mol. The first-order chi connectivity index (χ1) is 11.9. The Morgan fingerprint density at radius 1 is 1.32 bits per heavy atom. The first-order valence-electron chi connectivity index (χ1n) is 8.39. The van der Waals surface area contributed by atoms with Crippen LogP contribution < -0.4 is 4.74 Å². The SMILES string of the molecule is COc1ccc(-c2nc(CC(=O)N3CCOCC3(C)C)c(C)o2)cc1. The number of benzene rings is 1. The number of hydrogen-bond donors (Lipinski definition) is 0. The second-order valence-electron chi connectivity index (χ2n) is 6.84. The van der Waals surface area contributed by atoms with Gasteiger partial charge in [-0.25, -0.2) is 4.98 Å². The van der Waals surface area contributed by atoms with E-state index in [2.05, 4.69) is 4.98 Å². The van der Waals surface area contributed by atoms with Gasteiger partial charge in [0.25, 0.3) is 0 Å². The third-order valence-corrected chi connectivity index (χ3v) is 4.49. The third-order valence-electron chi connectivity index (χ3n) is 4.49. The van der Waals surface area contributed by atoms with Crippen LogP contribution in [0.5, 0.6) is 5.75 Å². The average molecular weight is 344 g/mol.